The molecule has 0 radical (unpaired) electrons. The van der Waals surface area contributed by atoms with Gasteiger partial charge in [0.15, 0.2) is 0 Å². The molecule has 0 N–H and O–H groups in total. The quantitative estimate of drug-likeness (QED) is 0.676. The molecule has 28 heavy (non-hydrogen) atoms. The van der Waals surface area contributed by atoms with Crippen LogP contribution in [0.2, 0.25) is 5.02 Å². The summed E-state index contributed by atoms with van der Waals surface area (Å²) in [5.74, 6) is 0.598. The molecular weight excluding hydrogens is 376 g/mol. The summed E-state index contributed by atoms with van der Waals surface area (Å²) in [6.07, 6.45) is 8.04. The monoisotopic (exact) mass is 408 g/mol. The summed E-state index contributed by atoms with van der Waals surface area (Å²) < 4.78 is 11.0. The van der Waals surface area contributed by atoms with Crippen LogP contribution >= 0.6 is 11.6 Å². The number of carbonyl (C=O) groups excluding carboxylic acids is 1. The second kappa shape index (κ2) is 11.0. The first-order valence-corrected chi connectivity index (χ1v) is 11.0. The molecule has 2 aliphatic heterocycles. The molecule has 1 amide bonds. The van der Waals surface area contributed by atoms with Crippen molar-refractivity contribution in [3.8, 4) is 5.75 Å². The van der Waals surface area contributed by atoms with Crippen molar-refractivity contribution in [1.82, 2.24) is 9.80 Å². The van der Waals surface area contributed by atoms with Crippen LogP contribution in [0.25, 0.3) is 0 Å². The van der Waals surface area contributed by atoms with E-state index in [-0.39, 0.29) is 11.9 Å². The number of carbonyl (C=O) groups is 1. The molecule has 1 aromatic carbocycles. The maximum atomic E-state index is 13.4. The van der Waals surface area contributed by atoms with Crippen molar-refractivity contribution in [3.63, 3.8) is 0 Å². The van der Waals surface area contributed by atoms with Crippen LogP contribution < -0.4 is 4.74 Å². The van der Waals surface area contributed by atoms with Crippen molar-refractivity contribution in [1.29, 1.82) is 0 Å². The highest BCUT2D eigenvalue weighted by molar-refractivity contribution is 6.31. The highest BCUT2D eigenvalue weighted by Crippen LogP contribution is 2.26. The number of likely N-dealkylation sites (tertiary alicyclic amines) is 1. The van der Waals surface area contributed by atoms with Crippen LogP contribution in [0.5, 0.6) is 5.75 Å². The average Bonchev–Trinajstić information content (AvgIpc) is 3.00. The molecule has 2 fully saturated rings. The molecule has 0 aliphatic carbocycles. The van der Waals surface area contributed by atoms with Gasteiger partial charge < -0.3 is 19.3 Å². The van der Waals surface area contributed by atoms with E-state index in [0.717, 1.165) is 32.4 Å². The topological polar surface area (TPSA) is 42.0 Å². The van der Waals surface area contributed by atoms with E-state index in [1.807, 2.05) is 4.90 Å². The Hall–Kier alpha value is -1.30. The van der Waals surface area contributed by atoms with Crippen LogP contribution in [0.3, 0.4) is 0 Å². The number of halogens is 1. The van der Waals surface area contributed by atoms with E-state index in [2.05, 4.69) is 4.90 Å². The number of ether oxygens (including phenoxy) is 2. The number of hydrogen-bond acceptors (Lipinski definition) is 4. The molecule has 1 aromatic rings. The molecule has 0 saturated carbocycles. The van der Waals surface area contributed by atoms with Gasteiger partial charge in [0.05, 0.1) is 12.7 Å². The van der Waals surface area contributed by atoms with Gasteiger partial charge in [0.2, 0.25) is 0 Å². The maximum absolute atomic E-state index is 13.4. The lowest BCUT2D eigenvalue weighted by molar-refractivity contribution is 0.0278. The van der Waals surface area contributed by atoms with Gasteiger partial charge in [-0.05, 0) is 69.9 Å². The number of amides is 1. The highest BCUT2D eigenvalue weighted by atomic mass is 35.5. The molecule has 0 aromatic heterocycles. The average molecular weight is 409 g/mol. The molecule has 5 nitrogen and oxygen atoms in total. The van der Waals surface area contributed by atoms with Crippen LogP contribution in [-0.4, -0.2) is 68.3 Å². The number of methoxy groups -OCH3 is 1. The number of hydrogen-bond donors (Lipinski definition) is 0. The highest BCUT2D eigenvalue weighted by Gasteiger charge is 2.28. The van der Waals surface area contributed by atoms with Crippen LogP contribution in [0.4, 0.5) is 0 Å². The van der Waals surface area contributed by atoms with E-state index >= 15 is 0 Å². The molecule has 0 atom stereocenters. The van der Waals surface area contributed by atoms with E-state index in [4.69, 9.17) is 21.1 Å². The summed E-state index contributed by atoms with van der Waals surface area (Å²) in [4.78, 5) is 18.0. The fraction of sp³-hybridized carbons (Fsp3) is 0.682. The predicted molar refractivity (Wildman–Crippen MR) is 112 cm³/mol. The van der Waals surface area contributed by atoms with Gasteiger partial charge >= 0.3 is 0 Å². The van der Waals surface area contributed by atoms with Gasteiger partial charge in [-0.3, -0.25) is 4.79 Å². The lowest BCUT2D eigenvalue weighted by Gasteiger charge is -2.35. The van der Waals surface area contributed by atoms with Crippen molar-refractivity contribution < 1.29 is 14.3 Å². The molecule has 3 rings (SSSR count). The van der Waals surface area contributed by atoms with E-state index in [9.17, 15) is 4.79 Å². The first-order valence-electron chi connectivity index (χ1n) is 10.6. The van der Waals surface area contributed by atoms with Gasteiger partial charge in [-0.15, -0.1) is 0 Å². The Morgan fingerprint density at radius 1 is 1.21 bits per heavy atom. The first-order chi connectivity index (χ1) is 13.7. The zero-order valence-electron chi connectivity index (χ0n) is 17.0. The minimum absolute atomic E-state index is 0.0158. The fourth-order valence-electron chi connectivity index (χ4n) is 4.27. The summed E-state index contributed by atoms with van der Waals surface area (Å²) in [6.45, 7) is 5.62. The lowest BCUT2D eigenvalue weighted by atomic mass is 10.0. The smallest absolute Gasteiger partial charge is 0.257 e. The molecule has 2 heterocycles. The summed E-state index contributed by atoms with van der Waals surface area (Å²) in [6, 6.07) is 5.47. The van der Waals surface area contributed by atoms with Crippen LogP contribution in [0, 0.1) is 0 Å². The Labute approximate surface area is 173 Å². The second-order valence-electron chi connectivity index (χ2n) is 7.80. The van der Waals surface area contributed by atoms with Crippen LogP contribution in [0.15, 0.2) is 18.2 Å². The molecule has 6 heteroatoms. The van der Waals surface area contributed by atoms with Gasteiger partial charge in [-0.2, -0.15) is 0 Å². The third kappa shape index (κ3) is 5.85. The standard InChI is InChI=1S/C22H33ClN2O3/c1-27-21-8-7-18(23)17-20(21)22(26)25(19-9-15-28-16-10-19)14-6-13-24-11-4-2-3-5-12-24/h7-8,17,19H,2-6,9-16H2,1H3. The molecule has 0 bridgehead atoms. The van der Waals surface area contributed by atoms with Crippen LogP contribution in [0.1, 0.15) is 55.3 Å². The molecule has 156 valence electrons. The van der Waals surface area contributed by atoms with Gasteiger partial charge in [-0.25, -0.2) is 0 Å². The summed E-state index contributed by atoms with van der Waals surface area (Å²) in [7, 11) is 1.60. The van der Waals surface area contributed by atoms with Crippen molar-refractivity contribution in [2.24, 2.45) is 0 Å². The Morgan fingerprint density at radius 3 is 2.61 bits per heavy atom. The Bertz CT molecular complexity index is 626. The third-order valence-electron chi connectivity index (χ3n) is 5.86. The zero-order valence-corrected chi connectivity index (χ0v) is 17.8. The van der Waals surface area contributed by atoms with Crippen molar-refractivity contribution in [2.45, 2.75) is 51.0 Å². The number of rotatable bonds is 7. The fourth-order valence-corrected chi connectivity index (χ4v) is 4.45. The minimum atomic E-state index is 0.0158. The largest absolute Gasteiger partial charge is 0.496 e. The van der Waals surface area contributed by atoms with E-state index in [1.54, 1.807) is 25.3 Å². The van der Waals surface area contributed by atoms with Gasteiger partial charge in [-0.1, -0.05) is 24.4 Å². The van der Waals surface area contributed by atoms with Gasteiger partial charge in [0.1, 0.15) is 5.75 Å². The van der Waals surface area contributed by atoms with Crippen molar-refractivity contribution in [3.05, 3.63) is 28.8 Å². The molecule has 2 aliphatic rings. The Balaban J connectivity index is 1.69. The van der Waals surface area contributed by atoms with Crippen molar-refractivity contribution in [2.75, 3.05) is 46.5 Å². The summed E-state index contributed by atoms with van der Waals surface area (Å²) in [5, 5.41) is 0.556. The number of benzene rings is 1. The zero-order chi connectivity index (χ0) is 19.8. The lowest BCUT2D eigenvalue weighted by Crippen LogP contribution is -2.44. The Morgan fingerprint density at radius 2 is 1.93 bits per heavy atom. The second-order valence-corrected chi connectivity index (χ2v) is 8.23. The summed E-state index contributed by atoms with van der Waals surface area (Å²) >= 11 is 6.18. The Kier molecular flexibility index (Phi) is 8.44. The third-order valence-corrected chi connectivity index (χ3v) is 6.09. The van der Waals surface area contributed by atoms with E-state index in [1.165, 1.54) is 38.8 Å². The van der Waals surface area contributed by atoms with E-state index in [0.29, 0.717) is 29.5 Å². The number of nitrogens with zero attached hydrogens (tertiary/aromatic N) is 2. The SMILES string of the molecule is COc1ccc(Cl)cc1C(=O)N(CCCN1CCCCCC1)C1CCOCC1. The van der Waals surface area contributed by atoms with Crippen LogP contribution in [-0.2, 0) is 4.74 Å². The van der Waals surface area contributed by atoms with E-state index < -0.39 is 0 Å². The molecule has 0 unspecified atom stereocenters. The maximum Gasteiger partial charge on any atom is 0.257 e. The van der Waals surface area contributed by atoms with Gasteiger partial charge in [0, 0.05) is 30.8 Å². The first kappa shape index (κ1) is 21.4. The van der Waals surface area contributed by atoms with Crippen molar-refractivity contribution >= 4 is 17.5 Å². The predicted octanol–water partition coefficient (Wildman–Crippen LogP) is 4.24. The molecular formula is C22H33ClN2O3. The molecule has 0 spiro atoms. The summed E-state index contributed by atoms with van der Waals surface area (Å²) in [5.41, 5.74) is 0.552. The normalized spacial score (nSPS) is 19.2. The minimum Gasteiger partial charge on any atom is -0.496 e. The molecule has 2 saturated heterocycles. The van der Waals surface area contributed by atoms with Gasteiger partial charge in [0.25, 0.3) is 5.91 Å².